The Morgan fingerprint density at radius 2 is 1.70 bits per heavy atom. The zero-order valence-corrected chi connectivity index (χ0v) is 20.7. The van der Waals surface area contributed by atoms with E-state index >= 15 is 0 Å². The van der Waals surface area contributed by atoms with E-state index in [1.54, 1.807) is 28.6 Å². The minimum absolute atomic E-state index is 0.0711. The molecule has 3 heterocycles. The van der Waals surface area contributed by atoms with E-state index in [2.05, 4.69) is 19.3 Å². The fourth-order valence-electron chi connectivity index (χ4n) is 3.98. The van der Waals surface area contributed by atoms with E-state index in [1.807, 2.05) is 18.2 Å². The second kappa shape index (κ2) is 10.3. The lowest BCUT2D eigenvalue weighted by Crippen LogP contribution is -2.50. The van der Waals surface area contributed by atoms with Crippen LogP contribution in [0.15, 0.2) is 65.0 Å². The van der Waals surface area contributed by atoms with Crippen molar-refractivity contribution in [1.29, 1.82) is 0 Å². The van der Waals surface area contributed by atoms with Gasteiger partial charge < -0.3 is 14.5 Å². The molecule has 2 aromatic heterocycles. The molecule has 0 aliphatic carbocycles. The maximum Gasteiger partial charge on any atom is 0.418 e. The predicted molar refractivity (Wildman–Crippen MR) is 134 cm³/mol. The third kappa shape index (κ3) is 5.37. The largest absolute Gasteiger partial charge is 0.418 e. The van der Waals surface area contributed by atoms with Gasteiger partial charge in [0.25, 0.3) is 11.8 Å². The molecule has 190 valence electrons. The molecule has 8 nitrogen and oxygen atoms in total. The highest BCUT2D eigenvalue weighted by molar-refractivity contribution is 8.00. The lowest BCUT2D eigenvalue weighted by atomic mass is 10.1. The number of pyridine rings is 1. The maximum absolute atomic E-state index is 13.9. The van der Waals surface area contributed by atoms with Crippen LogP contribution >= 0.6 is 23.5 Å². The van der Waals surface area contributed by atoms with Gasteiger partial charge in [-0.3, -0.25) is 14.6 Å². The van der Waals surface area contributed by atoms with Crippen molar-refractivity contribution in [2.45, 2.75) is 11.1 Å². The average molecular weight is 545 g/mol. The highest BCUT2D eigenvalue weighted by Gasteiger charge is 2.35. The highest BCUT2D eigenvalue weighted by Crippen LogP contribution is 2.38. The number of alkyl halides is 3. The number of hydrogen-bond donors (Lipinski definition) is 1. The minimum atomic E-state index is -4.68. The van der Waals surface area contributed by atoms with Crippen molar-refractivity contribution in [2.24, 2.45) is 0 Å². The maximum atomic E-state index is 13.9. The van der Waals surface area contributed by atoms with Gasteiger partial charge in [0.15, 0.2) is 5.69 Å². The number of carbonyl (C=O) groups excluding carboxylic acids is 2. The standard InChI is InChI=1S/C24H19F3N6O2S2/c25-24(26,27)17-13-16(22(34)32-9-11-33(12-10-32)23(35)19-14-36-31-29-19)6-7-18(17)30-37-20-5-1-3-15-4-2-8-28-21(15)20/h1-8,13-14,30H,9-12H2. The van der Waals surface area contributed by atoms with E-state index in [4.69, 9.17) is 0 Å². The van der Waals surface area contributed by atoms with Gasteiger partial charge in [0.05, 0.1) is 21.7 Å². The van der Waals surface area contributed by atoms with Crippen LogP contribution in [0.4, 0.5) is 18.9 Å². The summed E-state index contributed by atoms with van der Waals surface area (Å²) in [5.41, 5.74) is -0.261. The number of hydrogen-bond acceptors (Lipinski definition) is 8. The Morgan fingerprint density at radius 1 is 0.973 bits per heavy atom. The SMILES string of the molecule is O=C(c1ccc(NSc2cccc3cccnc23)c(C(F)(F)F)c1)N1CCN(C(=O)c2csnn2)CC1. The molecular formula is C24H19F3N6O2S2. The third-order valence-corrected chi connectivity index (χ3v) is 7.25. The third-order valence-electron chi connectivity index (χ3n) is 5.87. The van der Waals surface area contributed by atoms with Crippen molar-refractivity contribution in [2.75, 3.05) is 30.9 Å². The van der Waals surface area contributed by atoms with E-state index in [-0.39, 0.29) is 49.0 Å². The number of halogens is 3. The Hall–Kier alpha value is -3.71. The summed E-state index contributed by atoms with van der Waals surface area (Å²) >= 11 is 2.09. The number of anilines is 1. The van der Waals surface area contributed by atoms with Crippen molar-refractivity contribution >= 4 is 51.9 Å². The van der Waals surface area contributed by atoms with Crippen LogP contribution in [0.1, 0.15) is 26.4 Å². The molecule has 0 radical (unpaired) electrons. The van der Waals surface area contributed by atoms with Crippen LogP contribution in [0.2, 0.25) is 0 Å². The lowest BCUT2D eigenvalue weighted by Gasteiger charge is -2.34. The number of amides is 2. The molecule has 4 aromatic rings. The average Bonchev–Trinajstić information content (AvgIpc) is 3.46. The quantitative estimate of drug-likeness (QED) is 0.360. The summed E-state index contributed by atoms with van der Waals surface area (Å²) in [6.45, 7) is 0.911. The van der Waals surface area contributed by atoms with E-state index in [0.29, 0.717) is 10.4 Å². The normalized spacial score (nSPS) is 14.1. The summed E-state index contributed by atoms with van der Waals surface area (Å²) < 4.78 is 48.3. The number of benzene rings is 2. The molecule has 5 rings (SSSR count). The Bertz CT molecular complexity index is 1430. The van der Waals surface area contributed by atoms with Gasteiger partial charge in [-0.15, -0.1) is 5.10 Å². The molecule has 1 aliphatic heterocycles. The summed E-state index contributed by atoms with van der Waals surface area (Å²) in [4.78, 5) is 33.4. The van der Waals surface area contributed by atoms with E-state index in [0.717, 1.165) is 34.9 Å². The van der Waals surface area contributed by atoms with Crippen LogP contribution in [0, 0.1) is 0 Å². The first-order valence-electron chi connectivity index (χ1n) is 11.1. The van der Waals surface area contributed by atoms with Crippen LogP contribution in [0.5, 0.6) is 0 Å². The van der Waals surface area contributed by atoms with Gasteiger partial charge in [-0.2, -0.15) is 13.2 Å². The number of carbonyl (C=O) groups is 2. The van der Waals surface area contributed by atoms with Crippen molar-refractivity contribution in [3.05, 3.63) is 76.9 Å². The number of aromatic nitrogens is 3. The van der Waals surface area contributed by atoms with Crippen LogP contribution in [-0.4, -0.2) is 62.4 Å². The Kier molecular flexibility index (Phi) is 6.98. The molecule has 0 spiro atoms. The molecule has 2 aromatic carbocycles. The van der Waals surface area contributed by atoms with Gasteiger partial charge in [0.2, 0.25) is 0 Å². The summed E-state index contributed by atoms with van der Waals surface area (Å²) in [5, 5.41) is 6.18. The molecule has 1 aliphatic rings. The van der Waals surface area contributed by atoms with Crippen LogP contribution < -0.4 is 4.72 Å². The molecule has 0 bridgehead atoms. The monoisotopic (exact) mass is 544 g/mol. The van der Waals surface area contributed by atoms with E-state index in [9.17, 15) is 22.8 Å². The molecule has 0 saturated carbocycles. The first-order valence-corrected chi connectivity index (χ1v) is 12.8. The zero-order valence-electron chi connectivity index (χ0n) is 19.1. The molecule has 1 fully saturated rings. The van der Waals surface area contributed by atoms with Crippen molar-refractivity contribution < 1.29 is 22.8 Å². The second-order valence-corrected chi connectivity index (χ2v) is 9.63. The zero-order chi connectivity index (χ0) is 26.0. The van der Waals surface area contributed by atoms with Crippen LogP contribution in [0.25, 0.3) is 10.9 Å². The molecule has 1 saturated heterocycles. The summed E-state index contributed by atoms with van der Waals surface area (Å²) in [5.74, 6) is -0.806. The fraction of sp³-hybridized carbons (Fsp3) is 0.208. The topological polar surface area (TPSA) is 91.3 Å². The molecule has 1 N–H and O–H groups in total. The summed E-state index contributed by atoms with van der Waals surface area (Å²) in [6, 6.07) is 12.6. The van der Waals surface area contributed by atoms with Gasteiger partial charge in [-0.05, 0) is 53.8 Å². The number of nitrogens with one attached hydrogen (secondary N) is 1. The Balaban J connectivity index is 1.30. The molecule has 2 amide bonds. The predicted octanol–water partition coefficient (Wildman–Crippen LogP) is 4.82. The van der Waals surface area contributed by atoms with Gasteiger partial charge in [0, 0.05) is 48.7 Å². The van der Waals surface area contributed by atoms with E-state index < -0.39 is 17.6 Å². The Morgan fingerprint density at radius 3 is 2.41 bits per heavy atom. The highest BCUT2D eigenvalue weighted by atomic mass is 32.2. The minimum Gasteiger partial charge on any atom is -0.335 e. The van der Waals surface area contributed by atoms with Crippen molar-refractivity contribution in [1.82, 2.24) is 24.4 Å². The van der Waals surface area contributed by atoms with Crippen LogP contribution in [0.3, 0.4) is 0 Å². The number of fused-ring (bicyclic) bond motifs is 1. The Labute approximate surface area is 217 Å². The molecule has 13 heteroatoms. The summed E-state index contributed by atoms with van der Waals surface area (Å²) in [6.07, 6.45) is -3.05. The number of rotatable bonds is 5. The van der Waals surface area contributed by atoms with Crippen LogP contribution in [-0.2, 0) is 6.18 Å². The number of nitrogens with zero attached hydrogens (tertiary/aromatic N) is 5. The van der Waals surface area contributed by atoms with Gasteiger partial charge >= 0.3 is 6.18 Å². The fourth-order valence-corrected chi connectivity index (χ4v) is 5.23. The van der Waals surface area contributed by atoms with Crippen molar-refractivity contribution in [3.8, 4) is 0 Å². The van der Waals surface area contributed by atoms with Gasteiger partial charge in [-0.1, -0.05) is 22.7 Å². The molecule has 0 unspecified atom stereocenters. The van der Waals surface area contributed by atoms with E-state index in [1.165, 1.54) is 17.0 Å². The first kappa shape index (κ1) is 25.0. The first-order chi connectivity index (χ1) is 17.8. The number of para-hydroxylation sites is 1. The van der Waals surface area contributed by atoms with Gasteiger partial charge in [0.1, 0.15) is 0 Å². The number of piperazine rings is 1. The molecular weight excluding hydrogens is 525 g/mol. The lowest BCUT2D eigenvalue weighted by molar-refractivity contribution is -0.136. The van der Waals surface area contributed by atoms with Crippen molar-refractivity contribution in [3.63, 3.8) is 0 Å². The second-order valence-electron chi connectivity index (χ2n) is 8.17. The summed E-state index contributed by atoms with van der Waals surface area (Å²) in [7, 11) is 0. The van der Waals surface area contributed by atoms with Gasteiger partial charge in [-0.25, -0.2) is 0 Å². The smallest absolute Gasteiger partial charge is 0.335 e. The molecule has 37 heavy (non-hydrogen) atoms. The molecule has 0 atom stereocenters.